The van der Waals surface area contributed by atoms with E-state index in [4.69, 9.17) is 9.72 Å². The first-order valence-electron chi connectivity index (χ1n) is 11.7. The number of hydrogen-bond donors (Lipinski definition) is 0. The van der Waals surface area contributed by atoms with Gasteiger partial charge in [-0.05, 0) is 56.7 Å². The Hall–Kier alpha value is -2.16. The molecule has 6 nitrogen and oxygen atoms in total. The van der Waals surface area contributed by atoms with Gasteiger partial charge in [0.15, 0.2) is 5.16 Å². The number of nitrogens with zero attached hydrogens (tertiary/aromatic N) is 3. The molecule has 0 N–H and O–H groups in total. The Bertz CT molecular complexity index is 1260. The Morgan fingerprint density at radius 1 is 1.36 bits per heavy atom. The summed E-state index contributed by atoms with van der Waals surface area (Å²) in [6.45, 7) is 7.96. The molecule has 1 amide bonds. The van der Waals surface area contributed by atoms with Gasteiger partial charge < -0.3 is 9.64 Å². The Kier molecular flexibility index (Phi) is 6.33. The third-order valence-corrected chi connectivity index (χ3v) is 8.74. The molecule has 3 aromatic rings. The molecule has 8 heteroatoms. The molecule has 33 heavy (non-hydrogen) atoms. The monoisotopic (exact) mass is 483 g/mol. The van der Waals surface area contributed by atoms with E-state index < -0.39 is 0 Å². The number of aryl methyl sites for hydroxylation is 2. The number of hydrogen-bond acceptors (Lipinski definition) is 6. The third-order valence-electron chi connectivity index (χ3n) is 6.62. The number of rotatable bonds is 6. The van der Waals surface area contributed by atoms with Gasteiger partial charge in [-0.25, -0.2) is 4.98 Å². The summed E-state index contributed by atoms with van der Waals surface area (Å²) in [6, 6.07) is 8.08. The third kappa shape index (κ3) is 4.13. The fraction of sp³-hybridized carbons (Fsp3) is 0.480. The molecule has 2 aliphatic rings. The van der Waals surface area contributed by atoms with Crippen molar-refractivity contribution in [2.45, 2.75) is 69.5 Å². The zero-order valence-corrected chi connectivity index (χ0v) is 20.9. The van der Waals surface area contributed by atoms with Crippen LogP contribution in [-0.2, 0) is 28.9 Å². The molecule has 2 aromatic heterocycles. The number of benzene rings is 1. The Morgan fingerprint density at radius 2 is 2.18 bits per heavy atom. The number of aromatic nitrogens is 2. The number of thiophene rings is 1. The summed E-state index contributed by atoms with van der Waals surface area (Å²) in [5.41, 5.74) is 3.28. The van der Waals surface area contributed by atoms with Crippen molar-refractivity contribution in [3.05, 3.63) is 50.6 Å². The van der Waals surface area contributed by atoms with Crippen molar-refractivity contribution in [1.29, 1.82) is 0 Å². The molecule has 4 heterocycles. The highest BCUT2D eigenvalue weighted by molar-refractivity contribution is 8.00. The highest BCUT2D eigenvalue weighted by Crippen LogP contribution is 2.33. The van der Waals surface area contributed by atoms with Gasteiger partial charge in [-0.15, -0.1) is 11.3 Å². The van der Waals surface area contributed by atoms with Crippen molar-refractivity contribution >= 4 is 44.9 Å². The molecular weight excluding hydrogens is 454 g/mol. The molecule has 0 aliphatic carbocycles. The lowest BCUT2D eigenvalue weighted by atomic mass is 10.1. The first kappa shape index (κ1) is 22.6. The first-order chi connectivity index (χ1) is 16.0. The SMILES string of the molecule is CCc1c(C)sc2nc(SC(C)C(=O)N3CCc4ccccc43)n(CC3CCCO3)c(=O)c12. The van der Waals surface area contributed by atoms with Crippen LogP contribution in [0.25, 0.3) is 10.2 Å². The quantitative estimate of drug-likeness (QED) is 0.379. The second kappa shape index (κ2) is 9.24. The molecule has 2 unspecified atom stereocenters. The van der Waals surface area contributed by atoms with E-state index in [1.54, 1.807) is 15.9 Å². The predicted octanol–water partition coefficient (Wildman–Crippen LogP) is 4.58. The number of anilines is 1. The number of thioether (sulfide) groups is 1. The smallest absolute Gasteiger partial charge is 0.263 e. The second-order valence-corrected chi connectivity index (χ2v) is 11.3. The van der Waals surface area contributed by atoms with E-state index in [1.165, 1.54) is 17.3 Å². The van der Waals surface area contributed by atoms with Crippen LogP contribution >= 0.6 is 23.1 Å². The zero-order valence-electron chi connectivity index (χ0n) is 19.3. The number of carbonyl (C=O) groups excluding carboxylic acids is 1. The topological polar surface area (TPSA) is 64.4 Å². The zero-order chi connectivity index (χ0) is 23.1. The molecule has 174 valence electrons. The highest BCUT2D eigenvalue weighted by Gasteiger charge is 2.30. The number of amides is 1. The molecule has 5 rings (SSSR count). The summed E-state index contributed by atoms with van der Waals surface area (Å²) in [5, 5.41) is 0.984. The lowest BCUT2D eigenvalue weighted by molar-refractivity contribution is -0.117. The van der Waals surface area contributed by atoms with Crippen LogP contribution < -0.4 is 10.5 Å². The van der Waals surface area contributed by atoms with Crippen molar-refractivity contribution in [2.24, 2.45) is 0 Å². The van der Waals surface area contributed by atoms with E-state index in [1.807, 2.05) is 30.0 Å². The number of ether oxygens (including phenoxy) is 1. The van der Waals surface area contributed by atoms with Gasteiger partial charge in [-0.3, -0.25) is 14.2 Å². The molecule has 2 aliphatic heterocycles. The van der Waals surface area contributed by atoms with Crippen molar-refractivity contribution in [3.8, 4) is 0 Å². The van der Waals surface area contributed by atoms with Crippen molar-refractivity contribution in [1.82, 2.24) is 9.55 Å². The van der Waals surface area contributed by atoms with Gasteiger partial charge in [0, 0.05) is 23.7 Å². The Morgan fingerprint density at radius 3 is 2.94 bits per heavy atom. The van der Waals surface area contributed by atoms with Crippen LogP contribution in [0.15, 0.2) is 34.2 Å². The van der Waals surface area contributed by atoms with E-state index in [-0.39, 0.29) is 22.8 Å². The molecule has 0 saturated carbocycles. The molecule has 2 atom stereocenters. The van der Waals surface area contributed by atoms with Gasteiger partial charge >= 0.3 is 0 Å². The normalized spacial score (nSPS) is 18.8. The maximum absolute atomic E-state index is 13.7. The average molecular weight is 484 g/mol. The minimum Gasteiger partial charge on any atom is -0.376 e. The van der Waals surface area contributed by atoms with Gasteiger partial charge in [0.25, 0.3) is 5.56 Å². The Balaban J connectivity index is 1.50. The van der Waals surface area contributed by atoms with Crippen LogP contribution in [0.2, 0.25) is 0 Å². The van der Waals surface area contributed by atoms with E-state index >= 15 is 0 Å². The van der Waals surface area contributed by atoms with Crippen molar-refractivity contribution in [3.63, 3.8) is 0 Å². The van der Waals surface area contributed by atoms with Crippen molar-refractivity contribution in [2.75, 3.05) is 18.1 Å². The summed E-state index contributed by atoms with van der Waals surface area (Å²) in [4.78, 5) is 35.8. The minimum absolute atomic E-state index is 0.00892. The molecule has 0 radical (unpaired) electrons. The summed E-state index contributed by atoms with van der Waals surface area (Å²) < 4.78 is 7.60. The van der Waals surface area contributed by atoms with Crippen LogP contribution in [0.3, 0.4) is 0 Å². The van der Waals surface area contributed by atoms with Gasteiger partial charge in [-0.2, -0.15) is 0 Å². The molecule has 1 saturated heterocycles. The average Bonchev–Trinajstić information content (AvgIpc) is 3.54. The standard InChI is InChI=1S/C25H29N3O3S2/c1-4-19-15(2)32-22-21(19)24(30)28(14-18-9-7-13-31-18)25(26-22)33-16(3)23(29)27-12-11-17-8-5-6-10-20(17)27/h5-6,8,10,16,18H,4,7,9,11-14H2,1-3H3. The summed E-state index contributed by atoms with van der Waals surface area (Å²) in [7, 11) is 0. The second-order valence-electron chi connectivity index (χ2n) is 8.74. The van der Waals surface area contributed by atoms with Crippen LogP contribution in [0.1, 0.15) is 42.7 Å². The van der Waals surface area contributed by atoms with Gasteiger partial charge in [-0.1, -0.05) is 36.9 Å². The van der Waals surface area contributed by atoms with E-state index in [0.717, 1.165) is 58.6 Å². The Labute approximate surface area is 202 Å². The number of para-hydroxylation sites is 1. The number of fused-ring (bicyclic) bond motifs is 2. The molecule has 1 aromatic carbocycles. The lowest BCUT2D eigenvalue weighted by Crippen LogP contribution is -2.36. The summed E-state index contributed by atoms with van der Waals surface area (Å²) in [5.74, 6) is 0.0552. The maximum Gasteiger partial charge on any atom is 0.263 e. The van der Waals surface area contributed by atoms with Gasteiger partial charge in [0.05, 0.1) is 23.3 Å². The summed E-state index contributed by atoms with van der Waals surface area (Å²) >= 11 is 2.96. The van der Waals surface area contributed by atoms with E-state index in [2.05, 4.69) is 19.9 Å². The fourth-order valence-corrected chi connectivity index (χ4v) is 7.03. The maximum atomic E-state index is 13.7. The molecule has 0 bridgehead atoms. The largest absolute Gasteiger partial charge is 0.376 e. The molecular formula is C25H29N3O3S2. The van der Waals surface area contributed by atoms with Crippen LogP contribution in [0, 0.1) is 6.92 Å². The van der Waals surface area contributed by atoms with Crippen LogP contribution in [-0.4, -0.2) is 40.0 Å². The van der Waals surface area contributed by atoms with Gasteiger partial charge in [0.1, 0.15) is 4.83 Å². The van der Waals surface area contributed by atoms with E-state index in [9.17, 15) is 9.59 Å². The van der Waals surface area contributed by atoms with Crippen LogP contribution in [0.5, 0.6) is 0 Å². The summed E-state index contributed by atoms with van der Waals surface area (Å²) in [6.07, 6.45) is 3.65. The van der Waals surface area contributed by atoms with Crippen molar-refractivity contribution < 1.29 is 9.53 Å². The molecule has 0 spiro atoms. The van der Waals surface area contributed by atoms with E-state index in [0.29, 0.717) is 18.2 Å². The minimum atomic E-state index is -0.358. The molecule has 1 fully saturated rings. The lowest BCUT2D eigenvalue weighted by Gasteiger charge is -2.22. The predicted molar refractivity (Wildman–Crippen MR) is 135 cm³/mol. The fourth-order valence-electron chi connectivity index (χ4n) is 4.89. The first-order valence-corrected chi connectivity index (χ1v) is 13.4. The van der Waals surface area contributed by atoms with Gasteiger partial charge in [0.2, 0.25) is 5.91 Å². The van der Waals surface area contributed by atoms with Crippen LogP contribution in [0.4, 0.5) is 5.69 Å². The highest BCUT2D eigenvalue weighted by atomic mass is 32.2. The number of carbonyl (C=O) groups is 1.